The van der Waals surface area contributed by atoms with Crippen molar-refractivity contribution in [1.82, 2.24) is 10.7 Å². The third kappa shape index (κ3) is 1.76. The van der Waals surface area contributed by atoms with Crippen LogP contribution in [0.2, 0.25) is 0 Å². The Morgan fingerprint density at radius 2 is 1.73 bits per heavy atom. The molecule has 0 aliphatic heterocycles. The molecule has 1 aromatic carbocycles. The van der Waals surface area contributed by atoms with Gasteiger partial charge in [-0.1, -0.05) is 18.2 Å². The maximum absolute atomic E-state index is 10.8. The van der Waals surface area contributed by atoms with Crippen molar-refractivity contribution in [3.05, 3.63) is 30.3 Å². The largest absolute Gasteiger partial charge is 0.255 e. The molecule has 5 heteroatoms. The van der Waals surface area contributed by atoms with E-state index >= 15 is 0 Å². The zero-order valence-electron chi connectivity index (χ0n) is 5.56. The van der Waals surface area contributed by atoms with Crippen LogP contribution in [0.1, 0.15) is 0 Å². The lowest BCUT2D eigenvalue weighted by atomic mass is 10.4. The number of benzene rings is 1. The Hall–Kier alpha value is -0.910. The summed E-state index contributed by atoms with van der Waals surface area (Å²) in [7, 11) is -3.69. The van der Waals surface area contributed by atoms with Gasteiger partial charge in [0.15, 0.2) is 0 Å². The molecular weight excluding hydrogens is 164 g/mol. The van der Waals surface area contributed by atoms with Gasteiger partial charge in [-0.25, -0.2) is 8.42 Å². The lowest BCUT2D eigenvalue weighted by Gasteiger charge is -1.97. The maximum atomic E-state index is 10.8. The van der Waals surface area contributed by atoms with Crippen molar-refractivity contribution in [2.75, 3.05) is 0 Å². The summed E-state index contributed by atoms with van der Waals surface area (Å²) in [5.74, 6) is 8.21. The Labute approximate surface area is 65.1 Å². The molecule has 0 heterocycles. The highest BCUT2D eigenvalue weighted by Gasteiger charge is 2.09. The topological polar surface area (TPSA) is 68.5 Å². The lowest BCUT2D eigenvalue weighted by molar-refractivity contribution is 0.582. The SMILES string of the molecule is [N]NS(=O)(=O)c1ccccc1. The monoisotopic (exact) mass is 170 g/mol. The molecule has 1 rings (SSSR count). The predicted molar refractivity (Wildman–Crippen MR) is 38.9 cm³/mol. The highest BCUT2D eigenvalue weighted by atomic mass is 32.2. The van der Waals surface area contributed by atoms with Gasteiger partial charge in [0, 0.05) is 0 Å². The summed E-state index contributed by atoms with van der Waals surface area (Å²) in [6, 6.07) is 7.61. The van der Waals surface area contributed by atoms with Crippen LogP contribution in [0.15, 0.2) is 35.2 Å². The van der Waals surface area contributed by atoms with Crippen LogP contribution in [0.3, 0.4) is 0 Å². The van der Waals surface area contributed by atoms with Crippen LogP contribution in [-0.2, 0) is 10.0 Å². The fourth-order valence-electron chi connectivity index (χ4n) is 0.652. The van der Waals surface area contributed by atoms with Crippen molar-refractivity contribution in [1.29, 1.82) is 0 Å². The van der Waals surface area contributed by atoms with Gasteiger partial charge in [-0.2, -0.15) is 0 Å². The summed E-state index contributed by atoms with van der Waals surface area (Å²) >= 11 is 0. The van der Waals surface area contributed by atoms with E-state index in [2.05, 4.69) is 0 Å². The molecule has 11 heavy (non-hydrogen) atoms. The second-order valence-corrected chi connectivity index (χ2v) is 3.57. The van der Waals surface area contributed by atoms with Crippen molar-refractivity contribution in [2.45, 2.75) is 4.90 Å². The van der Waals surface area contributed by atoms with Crippen LogP contribution in [0.25, 0.3) is 0 Å². The predicted octanol–water partition coefficient (Wildman–Crippen LogP) is -0.0514. The highest BCUT2D eigenvalue weighted by molar-refractivity contribution is 7.89. The van der Waals surface area contributed by atoms with E-state index < -0.39 is 10.0 Å². The zero-order valence-corrected chi connectivity index (χ0v) is 6.38. The van der Waals surface area contributed by atoms with E-state index in [-0.39, 0.29) is 4.90 Å². The number of hydrogen-bond acceptors (Lipinski definition) is 2. The minimum Gasteiger partial charge on any atom is -0.206 e. The Bertz CT molecular complexity index is 320. The Balaban J connectivity index is 3.14. The van der Waals surface area contributed by atoms with Crippen LogP contribution in [0, 0.1) is 0 Å². The maximum Gasteiger partial charge on any atom is 0.255 e. The Kier molecular flexibility index (Phi) is 2.23. The number of nitrogens with one attached hydrogen (secondary N) is 1. The van der Waals surface area contributed by atoms with Crippen molar-refractivity contribution < 1.29 is 8.42 Å². The summed E-state index contributed by atoms with van der Waals surface area (Å²) in [6.07, 6.45) is 0. The molecule has 0 aliphatic carbocycles. The molecule has 0 fully saturated rings. The van der Waals surface area contributed by atoms with Crippen molar-refractivity contribution in [2.24, 2.45) is 0 Å². The van der Waals surface area contributed by atoms with Crippen LogP contribution in [0.5, 0.6) is 0 Å². The minimum absolute atomic E-state index is 0.0440. The molecule has 0 aliphatic rings. The second-order valence-electron chi connectivity index (χ2n) is 1.91. The molecule has 0 saturated carbocycles. The van der Waals surface area contributed by atoms with E-state index in [9.17, 15) is 8.42 Å². The van der Waals surface area contributed by atoms with E-state index in [1.165, 1.54) is 17.0 Å². The fourth-order valence-corrected chi connectivity index (χ4v) is 1.27. The summed E-state index contributed by atoms with van der Waals surface area (Å²) < 4.78 is 21.7. The van der Waals surface area contributed by atoms with Crippen molar-refractivity contribution >= 4 is 10.0 Å². The summed E-state index contributed by atoms with van der Waals surface area (Å²) in [5.41, 5.74) is 0. The number of hydrogen-bond donors (Lipinski definition) is 1. The van der Waals surface area contributed by atoms with Gasteiger partial charge in [-0.15, -0.1) is 4.83 Å². The van der Waals surface area contributed by atoms with Gasteiger partial charge in [0.25, 0.3) is 10.0 Å². The molecule has 4 nitrogen and oxygen atoms in total. The fraction of sp³-hybridized carbons (Fsp3) is 0. The molecule has 0 aromatic heterocycles. The van der Waals surface area contributed by atoms with Gasteiger partial charge in [-0.3, -0.25) is 0 Å². The zero-order chi connectivity index (χ0) is 8.32. The molecule has 0 bridgehead atoms. The number of nitrogens with zero attached hydrogens (tertiary/aromatic N) is 1. The molecule has 2 radical (unpaired) electrons. The standard InChI is InChI=1S/C6H6N2O2S/c7-8-11(9,10)6-4-2-1-3-5-6/h1-5,8H. The number of rotatable bonds is 2. The molecule has 1 N–H and O–H groups in total. The first-order chi connectivity index (χ1) is 5.17. The van der Waals surface area contributed by atoms with E-state index in [0.29, 0.717) is 0 Å². The van der Waals surface area contributed by atoms with Gasteiger partial charge in [-0.05, 0) is 18.0 Å². The highest BCUT2D eigenvalue weighted by Crippen LogP contribution is 2.05. The first-order valence-corrected chi connectivity index (χ1v) is 4.36. The quantitative estimate of drug-likeness (QED) is 0.632. The van der Waals surface area contributed by atoms with Crippen molar-refractivity contribution in [3.8, 4) is 0 Å². The van der Waals surface area contributed by atoms with E-state index in [1.807, 2.05) is 0 Å². The lowest BCUT2D eigenvalue weighted by Crippen LogP contribution is -2.21. The summed E-state index contributed by atoms with van der Waals surface area (Å²) in [5, 5.41) is 0. The smallest absolute Gasteiger partial charge is 0.206 e. The first kappa shape index (κ1) is 8.19. The van der Waals surface area contributed by atoms with Crippen molar-refractivity contribution in [3.63, 3.8) is 0 Å². The average Bonchev–Trinajstić information content (AvgIpc) is 2.06. The minimum atomic E-state index is -3.69. The molecule has 58 valence electrons. The van der Waals surface area contributed by atoms with Crippen LogP contribution in [-0.4, -0.2) is 8.42 Å². The summed E-state index contributed by atoms with van der Waals surface area (Å²) in [4.78, 5) is 1.27. The molecule has 1 aromatic rings. The third-order valence-corrected chi connectivity index (χ3v) is 2.31. The molecular formula is C6H6N2O2S. The molecule has 0 atom stereocenters. The van der Waals surface area contributed by atoms with E-state index in [0.717, 1.165) is 0 Å². The second kappa shape index (κ2) is 3.00. The Morgan fingerprint density at radius 3 is 2.18 bits per heavy atom. The average molecular weight is 170 g/mol. The van der Waals surface area contributed by atoms with Gasteiger partial charge < -0.3 is 0 Å². The molecule has 0 unspecified atom stereocenters. The summed E-state index contributed by atoms with van der Waals surface area (Å²) in [6.45, 7) is 0. The van der Waals surface area contributed by atoms with Gasteiger partial charge in [0.05, 0.1) is 4.90 Å². The van der Waals surface area contributed by atoms with Gasteiger partial charge >= 0.3 is 0 Å². The third-order valence-electron chi connectivity index (χ3n) is 1.17. The first-order valence-electron chi connectivity index (χ1n) is 2.88. The van der Waals surface area contributed by atoms with Gasteiger partial charge in [0.2, 0.25) is 0 Å². The molecule has 0 spiro atoms. The normalized spacial score (nSPS) is 11.4. The molecule has 0 saturated heterocycles. The Morgan fingerprint density at radius 1 is 1.18 bits per heavy atom. The number of sulfonamides is 1. The van der Waals surface area contributed by atoms with Crippen LogP contribution >= 0.6 is 0 Å². The van der Waals surface area contributed by atoms with E-state index in [1.54, 1.807) is 18.2 Å². The van der Waals surface area contributed by atoms with Gasteiger partial charge in [0.1, 0.15) is 0 Å². The van der Waals surface area contributed by atoms with Crippen LogP contribution in [0.4, 0.5) is 0 Å². The van der Waals surface area contributed by atoms with E-state index in [4.69, 9.17) is 5.84 Å². The van der Waals surface area contributed by atoms with Crippen LogP contribution < -0.4 is 10.7 Å². The molecule has 0 amide bonds.